The summed E-state index contributed by atoms with van der Waals surface area (Å²) in [4.78, 5) is 14.8. The second-order valence-corrected chi connectivity index (χ2v) is 4.40. The molecule has 0 atom stereocenters. The summed E-state index contributed by atoms with van der Waals surface area (Å²) in [5.41, 5.74) is -0.377. The average Bonchev–Trinajstić information content (AvgIpc) is 2.37. The van der Waals surface area contributed by atoms with Gasteiger partial charge in [-0.15, -0.1) is 0 Å². The monoisotopic (exact) mass is 330 g/mol. The highest BCUT2D eigenvalue weighted by molar-refractivity contribution is 9.10. The lowest BCUT2D eigenvalue weighted by atomic mass is 10.2. The van der Waals surface area contributed by atoms with Crippen LogP contribution in [0.25, 0.3) is 0 Å². The van der Waals surface area contributed by atoms with E-state index < -0.39 is 29.1 Å². The van der Waals surface area contributed by atoms with E-state index in [9.17, 15) is 18.0 Å². The van der Waals surface area contributed by atoms with Gasteiger partial charge in [0, 0.05) is 11.9 Å². The van der Waals surface area contributed by atoms with Gasteiger partial charge in [-0.2, -0.15) is 4.39 Å². The number of rotatable bonds is 2. The van der Waals surface area contributed by atoms with E-state index in [1.165, 1.54) is 12.1 Å². The first-order valence-corrected chi connectivity index (χ1v) is 5.84. The molecule has 0 spiro atoms. The first-order valence-electron chi connectivity index (χ1n) is 5.05. The van der Waals surface area contributed by atoms with Crippen LogP contribution in [0.5, 0.6) is 0 Å². The minimum atomic E-state index is -1.37. The molecule has 1 heterocycles. The van der Waals surface area contributed by atoms with E-state index in [1.54, 1.807) is 0 Å². The summed E-state index contributed by atoms with van der Waals surface area (Å²) in [6.45, 7) is 0. The number of hydrogen-bond donors (Lipinski definition) is 1. The van der Waals surface area contributed by atoms with Gasteiger partial charge in [0.2, 0.25) is 5.95 Å². The van der Waals surface area contributed by atoms with Crippen LogP contribution in [0.4, 0.5) is 18.9 Å². The SMILES string of the molecule is O=C(Nc1ccc(Br)c(F)c1)c1ccnc(F)c1F. The molecule has 0 radical (unpaired) electrons. The van der Waals surface area contributed by atoms with E-state index in [0.29, 0.717) is 0 Å². The van der Waals surface area contributed by atoms with Gasteiger partial charge >= 0.3 is 0 Å². The fourth-order valence-corrected chi connectivity index (χ4v) is 1.61. The topological polar surface area (TPSA) is 42.0 Å². The smallest absolute Gasteiger partial charge is 0.258 e. The summed E-state index contributed by atoms with van der Waals surface area (Å²) in [5, 5.41) is 2.26. The van der Waals surface area contributed by atoms with Gasteiger partial charge in [-0.1, -0.05) is 0 Å². The molecule has 7 heteroatoms. The maximum Gasteiger partial charge on any atom is 0.258 e. The van der Waals surface area contributed by atoms with Crippen LogP contribution in [-0.2, 0) is 0 Å². The summed E-state index contributed by atoms with van der Waals surface area (Å²) in [6.07, 6.45) is 0.968. The summed E-state index contributed by atoms with van der Waals surface area (Å²) in [5.74, 6) is -4.19. The molecule has 1 N–H and O–H groups in total. The van der Waals surface area contributed by atoms with Gasteiger partial charge in [-0.25, -0.2) is 13.8 Å². The zero-order valence-corrected chi connectivity index (χ0v) is 10.8. The Hall–Kier alpha value is -1.89. The molecule has 0 aliphatic rings. The Morgan fingerprint density at radius 1 is 1.21 bits per heavy atom. The van der Waals surface area contributed by atoms with Crippen molar-refractivity contribution < 1.29 is 18.0 Å². The molecule has 1 aromatic heterocycles. The first kappa shape index (κ1) is 13.5. The van der Waals surface area contributed by atoms with Crippen molar-refractivity contribution in [1.29, 1.82) is 0 Å². The van der Waals surface area contributed by atoms with Crippen molar-refractivity contribution in [2.45, 2.75) is 0 Å². The highest BCUT2D eigenvalue weighted by Gasteiger charge is 2.16. The Labute approximate surface area is 114 Å². The van der Waals surface area contributed by atoms with Crippen LogP contribution in [0.15, 0.2) is 34.9 Å². The molecule has 0 bridgehead atoms. The summed E-state index contributed by atoms with van der Waals surface area (Å²) >= 11 is 2.96. The molecule has 1 aromatic carbocycles. The molecule has 0 unspecified atom stereocenters. The van der Waals surface area contributed by atoms with Crippen molar-refractivity contribution in [3.8, 4) is 0 Å². The molecule has 0 aliphatic carbocycles. The molecule has 1 amide bonds. The quantitative estimate of drug-likeness (QED) is 0.856. The van der Waals surface area contributed by atoms with Crippen LogP contribution in [0, 0.1) is 17.6 Å². The normalized spacial score (nSPS) is 10.3. The number of halogens is 4. The van der Waals surface area contributed by atoms with Gasteiger partial charge in [0.05, 0.1) is 10.0 Å². The van der Waals surface area contributed by atoms with Crippen LogP contribution >= 0.6 is 15.9 Å². The van der Waals surface area contributed by atoms with Crippen molar-refractivity contribution in [3.05, 3.63) is 58.1 Å². The van der Waals surface area contributed by atoms with E-state index >= 15 is 0 Å². The standard InChI is InChI=1S/C12H6BrF3N2O/c13-8-2-1-6(5-9(8)14)18-12(19)7-3-4-17-11(16)10(7)15/h1-5H,(H,18,19). The number of carbonyl (C=O) groups excluding carboxylic acids is 1. The predicted molar refractivity (Wildman–Crippen MR) is 66.2 cm³/mol. The van der Waals surface area contributed by atoms with Crippen LogP contribution < -0.4 is 5.32 Å². The second-order valence-electron chi connectivity index (χ2n) is 3.55. The number of amides is 1. The van der Waals surface area contributed by atoms with Gasteiger partial charge in [-0.3, -0.25) is 4.79 Å². The van der Waals surface area contributed by atoms with Gasteiger partial charge in [0.25, 0.3) is 5.91 Å². The van der Waals surface area contributed by atoms with Crippen LogP contribution in [0.2, 0.25) is 0 Å². The molecule has 2 aromatic rings. The number of nitrogens with one attached hydrogen (secondary N) is 1. The molecule has 0 aliphatic heterocycles. The van der Waals surface area contributed by atoms with E-state index in [-0.39, 0.29) is 10.2 Å². The zero-order valence-electron chi connectivity index (χ0n) is 9.25. The van der Waals surface area contributed by atoms with Crippen molar-refractivity contribution >= 4 is 27.5 Å². The number of aromatic nitrogens is 1. The minimum Gasteiger partial charge on any atom is -0.322 e. The Kier molecular flexibility index (Phi) is 3.84. The van der Waals surface area contributed by atoms with E-state index in [0.717, 1.165) is 18.3 Å². The summed E-state index contributed by atoms with van der Waals surface area (Å²) in [6, 6.07) is 4.88. The van der Waals surface area contributed by atoms with Crippen molar-refractivity contribution in [2.24, 2.45) is 0 Å². The van der Waals surface area contributed by atoms with Gasteiger partial charge in [0.1, 0.15) is 5.82 Å². The van der Waals surface area contributed by atoms with Crippen LogP contribution in [0.1, 0.15) is 10.4 Å². The molecule has 3 nitrogen and oxygen atoms in total. The molecule has 0 saturated carbocycles. The van der Waals surface area contributed by atoms with Crippen molar-refractivity contribution in [1.82, 2.24) is 4.98 Å². The lowest BCUT2D eigenvalue weighted by Gasteiger charge is -2.06. The highest BCUT2D eigenvalue weighted by Crippen LogP contribution is 2.20. The number of benzene rings is 1. The molecular weight excluding hydrogens is 325 g/mol. The van der Waals surface area contributed by atoms with Gasteiger partial charge < -0.3 is 5.32 Å². The number of carbonyl (C=O) groups is 1. The molecular formula is C12H6BrF3N2O. The van der Waals surface area contributed by atoms with Crippen molar-refractivity contribution in [3.63, 3.8) is 0 Å². The molecule has 0 fully saturated rings. The molecule has 98 valence electrons. The van der Waals surface area contributed by atoms with Gasteiger partial charge in [0.15, 0.2) is 5.82 Å². The summed E-state index contributed by atoms with van der Waals surface area (Å²) in [7, 11) is 0. The van der Waals surface area contributed by atoms with Crippen LogP contribution in [-0.4, -0.2) is 10.9 Å². The van der Waals surface area contributed by atoms with E-state index in [4.69, 9.17) is 0 Å². The molecule has 2 rings (SSSR count). The number of hydrogen-bond acceptors (Lipinski definition) is 2. The fraction of sp³-hybridized carbons (Fsp3) is 0. The number of pyridine rings is 1. The number of nitrogens with zero attached hydrogens (tertiary/aromatic N) is 1. The Morgan fingerprint density at radius 2 is 1.95 bits per heavy atom. The largest absolute Gasteiger partial charge is 0.322 e. The summed E-state index contributed by atoms with van der Waals surface area (Å²) < 4.78 is 39.6. The third kappa shape index (κ3) is 2.93. The Balaban J connectivity index is 2.26. The maximum absolute atomic E-state index is 13.3. The van der Waals surface area contributed by atoms with E-state index in [1.807, 2.05) is 0 Å². The zero-order chi connectivity index (χ0) is 14.0. The van der Waals surface area contributed by atoms with Crippen LogP contribution in [0.3, 0.4) is 0 Å². The number of anilines is 1. The highest BCUT2D eigenvalue weighted by atomic mass is 79.9. The third-order valence-corrected chi connectivity index (χ3v) is 2.91. The molecule has 19 heavy (non-hydrogen) atoms. The third-order valence-electron chi connectivity index (χ3n) is 2.27. The van der Waals surface area contributed by atoms with Crippen molar-refractivity contribution in [2.75, 3.05) is 5.32 Å². The lowest BCUT2D eigenvalue weighted by Crippen LogP contribution is -2.15. The first-order chi connectivity index (χ1) is 8.99. The fourth-order valence-electron chi connectivity index (χ4n) is 1.37. The maximum atomic E-state index is 13.3. The second kappa shape index (κ2) is 5.40. The average molecular weight is 331 g/mol. The lowest BCUT2D eigenvalue weighted by molar-refractivity contribution is 0.102. The van der Waals surface area contributed by atoms with Gasteiger partial charge in [-0.05, 0) is 40.2 Å². The minimum absolute atomic E-state index is 0.127. The Morgan fingerprint density at radius 3 is 2.63 bits per heavy atom. The predicted octanol–water partition coefficient (Wildman–Crippen LogP) is 3.51. The molecule has 0 saturated heterocycles. The van der Waals surface area contributed by atoms with E-state index in [2.05, 4.69) is 26.2 Å². The Bertz CT molecular complexity index is 649.